The minimum absolute atomic E-state index is 0.777. The third-order valence-corrected chi connectivity index (χ3v) is 2.21. The lowest BCUT2D eigenvalue weighted by atomic mass is 10.2. The minimum atomic E-state index is 0.777. The first-order valence-corrected chi connectivity index (χ1v) is 5.05. The molecular weight excluding hydrogens is 188 g/mol. The second kappa shape index (κ2) is 4.59. The Morgan fingerprint density at radius 2 is 2.07 bits per heavy atom. The zero-order chi connectivity index (χ0) is 10.5. The van der Waals surface area contributed by atoms with E-state index in [4.69, 9.17) is 0 Å². The van der Waals surface area contributed by atoms with Crippen LogP contribution < -0.4 is 5.32 Å². The lowest BCUT2D eigenvalue weighted by Crippen LogP contribution is -2.07. The number of benzene rings is 1. The van der Waals surface area contributed by atoms with Crippen molar-refractivity contribution in [1.82, 2.24) is 14.8 Å². The molecule has 0 radical (unpaired) electrons. The maximum atomic E-state index is 4.14. The van der Waals surface area contributed by atoms with Crippen molar-refractivity contribution in [2.45, 2.75) is 20.0 Å². The van der Waals surface area contributed by atoms with E-state index in [0.717, 1.165) is 19.0 Å². The van der Waals surface area contributed by atoms with E-state index < -0.39 is 0 Å². The van der Waals surface area contributed by atoms with E-state index >= 15 is 0 Å². The van der Waals surface area contributed by atoms with Crippen molar-refractivity contribution < 1.29 is 0 Å². The summed E-state index contributed by atoms with van der Waals surface area (Å²) in [6.45, 7) is 3.65. The summed E-state index contributed by atoms with van der Waals surface area (Å²) in [5, 5.41) is 7.34. The first-order chi connectivity index (χ1) is 7.40. The molecule has 0 aliphatic rings. The van der Waals surface area contributed by atoms with Crippen LogP contribution in [-0.4, -0.2) is 14.8 Å². The largest absolute Gasteiger partial charge is 0.350 e. The predicted octanol–water partition coefficient (Wildman–Crippen LogP) is 1.91. The van der Waals surface area contributed by atoms with Gasteiger partial charge >= 0.3 is 0 Å². The van der Waals surface area contributed by atoms with Crippen molar-refractivity contribution in [1.29, 1.82) is 0 Å². The zero-order valence-corrected chi connectivity index (χ0v) is 8.72. The number of hydrogen-bond acceptors (Lipinski definition) is 3. The van der Waals surface area contributed by atoms with E-state index in [2.05, 4.69) is 27.5 Å². The quantitative estimate of drug-likeness (QED) is 0.823. The maximum absolute atomic E-state index is 4.14. The second-order valence-electron chi connectivity index (χ2n) is 3.24. The molecule has 0 aliphatic heterocycles. The molecule has 4 heteroatoms. The molecule has 15 heavy (non-hydrogen) atoms. The van der Waals surface area contributed by atoms with Crippen molar-refractivity contribution in [3.05, 3.63) is 42.2 Å². The number of aryl methyl sites for hydroxylation is 1. The molecule has 78 valence electrons. The van der Waals surface area contributed by atoms with Crippen LogP contribution in [0.25, 0.3) is 0 Å². The SMILES string of the molecule is CCn1ncnc1NCc1ccccc1. The number of nitrogens with one attached hydrogen (secondary N) is 1. The maximum Gasteiger partial charge on any atom is 0.221 e. The Kier molecular flexibility index (Phi) is 2.97. The molecule has 2 rings (SSSR count). The molecule has 0 unspecified atom stereocenters. The highest BCUT2D eigenvalue weighted by atomic mass is 15.4. The molecule has 1 aromatic heterocycles. The lowest BCUT2D eigenvalue weighted by molar-refractivity contribution is 0.662. The summed E-state index contributed by atoms with van der Waals surface area (Å²) in [5.74, 6) is 0.821. The molecule has 0 aliphatic carbocycles. The number of aromatic nitrogens is 3. The van der Waals surface area contributed by atoms with Gasteiger partial charge in [-0.25, -0.2) is 4.68 Å². The van der Waals surface area contributed by atoms with Gasteiger partial charge < -0.3 is 5.32 Å². The van der Waals surface area contributed by atoms with Gasteiger partial charge in [0.2, 0.25) is 5.95 Å². The fraction of sp³-hybridized carbons (Fsp3) is 0.273. The first-order valence-electron chi connectivity index (χ1n) is 5.05. The summed E-state index contributed by atoms with van der Waals surface area (Å²) in [7, 11) is 0. The fourth-order valence-electron chi connectivity index (χ4n) is 1.41. The predicted molar refractivity (Wildman–Crippen MR) is 59.5 cm³/mol. The highest BCUT2D eigenvalue weighted by Gasteiger charge is 2.00. The van der Waals surface area contributed by atoms with Crippen LogP contribution in [0.1, 0.15) is 12.5 Å². The molecule has 4 nitrogen and oxygen atoms in total. The Balaban J connectivity index is 1.99. The summed E-state index contributed by atoms with van der Waals surface area (Å²) in [6.07, 6.45) is 1.57. The number of anilines is 1. The zero-order valence-electron chi connectivity index (χ0n) is 8.72. The Morgan fingerprint density at radius 1 is 1.27 bits per heavy atom. The average Bonchev–Trinajstić information content (AvgIpc) is 2.75. The smallest absolute Gasteiger partial charge is 0.221 e. The van der Waals surface area contributed by atoms with Crippen molar-refractivity contribution in [2.75, 3.05) is 5.32 Å². The van der Waals surface area contributed by atoms with Crippen molar-refractivity contribution in [2.24, 2.45) is 0 Å². The van der Waals surface area contributed by atoms with Crippen molar-refractivity contribution in [3.8, 4) is 0 Å². The summed E-state index contributed by atoms with van der Waals surface area (Å²) >= 11 is 0. The second-order valence-corrected chi connectivity index (χ2v) is 3.24. The molecule has 0 saturated carbocycles. The van der Waals surface area contributed by atoms with Gasteiger partial charge in [-0.2, -0.15) is 10.1 Å². The molecule has 0 amide bonds. The molecule has 2 aromatic rings. The van der Waals surface area contributed by atoms with Crippen LogP contribution in [0.15, 0.2) is 36.7 Å². The minimum Gasteiger partial charge on any atom is -0.350 e. The standard InChI is InChI=1S/C11H14N4/c1-2-15-11(13-9-14-15)12-8-10-6-4-3-5-7-10/h3-7,9H,2,8H2,1H3,(H,12,13,14). The van der Waals surface area contributed by atoms with Gasteiger partial charge in [0.15, 0.2) is 0 Å². The van der Waals surface area contributed by atoms with Gasteiger partial charge in [-0.15, -0.1) is 0 Å². The average molecular weight is 202 g/mol. The number of nitrogens with zero attached hydrogens (tertiary/aromatic N) is 3. The summed E-state index contributed by atoms with van der Waals surface area (Å²) in [5.41, 5.74) is 1.24. The lowest BCUT2D eigenvalue weighted by Gasteiger charge is -2.05. The molecule has 0 saturated heterocycles. The number of hydrogen-bond donors (Lipinski definition) is 1. The van der Waals surface area contributed by atoms with Crippen molar-refractivity contribution >= 4 is 5.95 Å². The monoisotopic (exact) mass is 202 g/mol. The van der Waals surface area contributed by atoms with E-state index in [1.54, 1.807) is 6.33 Å². The van der Waals surface area contributed by atoms with Crippen LogP contribution in [0.4, 0.5) is 5.95 Å². The van der Waals surface area contributed by atoms with Crippen LogP contribution in [0.2, 0.25) is 0 Å². The van der Waals surface area contributed by atoms with E-state index in [-0.39, 0.29) is 0 Å². The summed E-state index contributed by atoms with van der Waals surface area (Å²) in [4.78, 5) is 4.14. The summed E-state index contributed by atoms with van der Waals surface area (Å²) in [6, 6.07) is 10.2. The van der Waals surface area contributed by atoms with Crippen LogP contribution >= 0.6 is 0 Å². The number of rotatable bonds is 4. The van der Waals surface area contributed by atoms with E-state index in [1.807, 2.05) is 29.8 Å². The van der Waals surface area contributed by atoms with Gasteiger partial charge in [0.05, 0.1) is 0 Å². The molecule has 1 heterocycles. The topological polar surface area (TPSA) is 42.7 Å². The normalized spacial score (nSPS) is 10.2. The van der Waals surface area contributed by atoms with Crippen molar-refractivity contribution in [3.63, 3.8) is 0 Å². The van der Waals surface area contributed by atoms with Crippen LogP contribution in [-0.2, 0) is 13.1 Å². The Hall–Kier alpha value is -1.84. The van der Waals surface area contributed by atoms with Gasteiger partial charge in [0.25, 0.3) is 0 Å². The molecule has 0 fully saturated rings. The van der Waals surface area contributed by atoms with Gasteiger partial charge in [-0.3, -0.25) is 0 Å². The fourth-order valence-corrected chi connectivity index (χ4v) is 1.41. The van der Waals surface area contributed by atoms with Gasteiger partial charge in [-0.05, 0) is 12.5 Å². The van der Waals surface area contributed by atoms with Crippen LogP contribution in [0.5, 0.6) is 0 Å². The van der Waals surface area contributed by atoms with Gasteiger partial charge in [-0.1, -0.05) is 30.3 Å². The highest BCUT2D eigenvalue weighted by molar-refractivity contribution is 5.26. The Morgan fingerprint density at radius 3 is 2.80 bits per heavy atom. The van der Waals surface area contributed by atoms with E-state index in [0.29, 0.717) is 0 Å². The van der Waals surface area contributed by atoms with Gasteiger partial charge in [0.1, 0.15) is 6.33 Å². The summed E-state index contributed by atoms with van der Waals surface area (Å²) < 4.78 is 1.84. The van der Waals surface area contributed by atoms with E-state index in [1.165, 1.54) is 5.56 Å². The van der Waals surface area contributed by atoms with Crippen LogP contribution in [0, 0.1) is 0 Å². The molecular formula is C11H14N4. The third-order valence-electron chi connectivity index (χ3n) is 2.21. The Bertz CT molecular complexity index is 408. The van der Waals surface area contributed by atoms with E-state index in [9.17, 15) is 0 Å². The molecule has 0 spiro atoms. The third kappa shape index (κ3) is 2.34. The molecule has 1 N–H and O–H groups in total. The molecule has 0 bridgehead atoms. The highest BCUT2D eigenvalue weighted by Crippen LogP contribution is 2.04. The Labute approximate surface area is 89.0 Å². The first kappa shape index (κ1) is 9.71. The molecule has 1 aromatic carbocycles. The van der Waals surface area contributed by atoms with Gasteiger partial charge in [0, 0.05) is 13.1 Å². The van der Waals surface area contributed by atoms with Crippen LogP contribution in [0.3, 0.4) is 0 Å². The molecule has 0 atom stereocenters.